The number of ether oxygens (including phenoxy) is 1. The Morgan fingerprint density at radius 2 is 2.00 bits per heavy atom. The molecule has 118 valence electrons. The number of carbonyl (C=O) groups excluding carboxylic acids is 1. The first-order chi connectivity index (χ1) is 10.7. The number of methoxy groups -OCH3 is 1. The van der Waals surface area contributed by atoms with Gasteiger partial charge in [0.2, 0.25) is 0 Å². The molecule has 0 spiro atoms. The van der Waals surface area contributed by atoms with Crippen LogP contribution in [0.2, 0.25) is 0 Å². The van der Waals surface area contributed by atoms with Crippen molar-refractivity contribution in [3.05, 3.63) is 41.5 Å². The third-order valence-electron chi connectivity index (χ3n) is 5.47. The van der Waals surface area contributed by atoms with Gasteiger partial charge in [0.1, 0.15) is 0 Å². The fraction of sp³-hybridized carbons (Fsp3) is 0.526. The molecule has 2 unspecified atom stereocenters. The summed E-state index contributed by atoms with van der Waals surface area (Å²) in [6.45, 7) is 2.02. The number of benzene rings is 1. The molecule has 2 saturated heterocycles. The molecule has 4 atom stereocenters. The van der Waals surface area contributed by atoms with E-state index >= 15 is 0 Å². The Kier molecular flexibility index (Phi) is 4.34. The predicted octanol–water partition coefficient (Wildman–Crippen LogP) is 3.46. The van der Waals surface area contributed by atoms with E-state index in [1.165, 1.54) is 24.7 Å². The Morgan fingerprint density at radius 3 is 2.64 bits per heavy atom. The van der Waals surface area contributed by atoms with E-state index in [-0.39, 0.29) is 17.8 Å². The van der Waals surface area contributed by atoms with Gasteiger partial charge in [0, 0.05) is 18.0 Å². The van der Waals surface area contributed by atoms with Crippen LogP contribution in [0.5, 0.6) is 0 Å². The van der Waals surface area contributed by atoms with Crippen LogP contribution in [0.25, 0.3) is 6.08 Å². The smallest absolute Gasteiger partial charge is 0.310 e. The molecule has 3 heteroatoms. The highest BCUT2D eigenvalue weighted by molar-refractivity contribution is 5.75. The molecule has 0 saturated carbocycles. The van der Waals surface area contributed by atoms with Crippen molar-refractivity contribution in [1.29, 1.82) is 0 Å². The van der Waals surface area contributed by atoms with E-state index in [2.05, 4.69) is 42.3 Å². The van der Waals surface area contributed by atoms with Crippen molar-refractivity contribution in [3.8, 4) is 0 Å². The summed E-state index contributed by atoms with van der Waals surface area (Å²) in [6, 6.07) is 9.58. The molecule has 3 rings (SSSR count). The van der Waals surface area contributed by atoms with Crippen molar-refractivity contribution in [1.82, 2.24) is 4.90 Å². The van der Waals surface area contributed by atoms with E-state index in [9.17, 15) is 4.79 Å². The first-order valence-corrected chi connectivity index (χ1v) is 8.18. The van der Waals surface area contributed by atoms with E-state index in [0.29, 0.717) is 12.1 Å². The fourth-order valence-corrected chi connectivity index (χ4v) is 4.31. The number of carbonyl (C=O) groups is 1. The highest BCUT2D eigenvalue weighted by Crippen LogP contribution is 2.46. The number of nitrogens with zero attached hydrogens (tertiary/aromatic N) is 1. The lowest BCUT2D eigenvalue weighted by atomic mass is 9.76. The third-order valence-corrected chi connectivity index (χ3v) is 5.47. The van der Waals surface area contributed by atoms with Gasteiger partial charge in [-0.3, -0.25) is 9.69 Å². The molecule has 0 amide bonds. The zero-order valence-corrected chi connectivity index (χ0v) is 13.7. The zero-order valence-electron chi connectivity index (χ0n) is 13.7. The summed E-state index contributed by atoms with van der Waals surface area (Å²) < 4.78 is 5.13. The fourth-order valence-electron chi connectivity index (χ4n) is 4.31. The van der Waals surface area contributed by atoms with Crippen molar-refractivity contribution in [3.63, 3.8) is 0 Å². The molecule has 1 aromatic carbocycles. The summed E-state index contributed by atoms with van der Waals surface area (Å²) in [7, 11) is 3.67. The molecule has 0 aromatic heterocycles. The minimum Gasteiger partial charge on any atom is -0.469 e. The first kappa shape index (κ1) is 15.3. The van der Waals surface area contributed by atoms with E-state index in [1.807, 2.05) is 13.0 Å². The van der Waals surface area contributed by atoms with Gasteiger partial charge in [-0.1, -0.05) is 36.4 Å². The normalized spacial score (nSPS) is 31.6. The molecule has 2 heterocycles. The topological polar surface area (TPSA) is 29.5 Å². The molecular weight excluding hydrogens is 274 g/mol. The Balaban J connectivity index is 1.91. The van der Waals surface area contributed by atoms with Crippen LogP contribution in [0.15, 0.2) is 30.3 Å². The van der Waals surface area contributed by atoms with Crippen LogP contribution in [0.4, 0.5) is 0 Å². The van der Waals surface area contributed by atoms with Crippen LogP contribution in [0.1, 0.15) is 43.2 Å². The number of piperidine rings is 1. The van der Waals surface area contributed by atoms with Crippen LogP contribution in [-0.4, -0.2) is 37.1 Å². The van der Waals surface area contributed by atoms with Gasteiger partial charge in [-0.15, -0.1) is 0 Å². The van der Waals surface area contributed by atoms with Gasteiger partial charge in [0.25, 0.3) is 0 Å². The van der Waals surface area contributed by atoms with Gasteiger partial charge < -0.3 is 4.74 Å². The van der Waals surface area contributed by atoms with E-state index in [0.717, 1.165) is 12.8 Å². The number of esters is 1. The Morgan fingerprint density at radius 1 is 1.27 bits per heavy atom. The molecule has 1 aromatic rings. The van der Waals surface area contributed by atoms with Crippen LogP contribution in [0.3, 0.4) is 0 Å². The Hall–Kier alpha value is -1.61. The lowest BCUT2D eigenvalue weighted by Crippen LogP contribution is -2.49. The van der Waals surface area contributed by atoms with E-state index in [1.54, 1.807) is 0 Å². The number of allylic oxidation sites excluding steroid dienone is 1. The summed E-state index contributed by atoms with van der Waals surface area (Å²) in [5.41, 5.74) is 2.48. The molecule has 0 N–H and O–H groups in total. The summed E-state index contributed by atoms with van der Waals surface area (Å²) in [5.74, 6) is 0.182. The highest BCUT2D eigenvalue weighted by Gasteiger charge is 2.49. The minimum atomic E-state index is -0.0558. The van der Waals surface area contributed by atoms with Crippen LogP contribution in [-0.2, 0) is 9.53 Å². The van der Waals surface area contributed by atoms with Crippen molar-refractivity contribution in [2.45, 2.75) is 44.2 Å². The lowest BCUT2D eigenvalue weighted by molar-refractivity contribution is -0.150. The van der Waals surface area contributed by atoms with Gasteiger partial charge in [-0.05, 0) is 44.4 Å². The quantitative estimate of drug-likeness (QED) is 0.801. The molecule has 2 aliphatic heterocycles. The largest absolute Gasteiger partial charge is 0.469 e. The molecule has 2 bridgehead atoms. The summed E-state index contributed by atoms with van der Waals surface area (Å²) in [5, 5.41) is 0. The maximum atomic E-state index is 12.4. The number of rotatable bonds is 3. The maximum Gasteiger partial charge on any atom is 0.310 e. The molecular formula is C19H25NO2. The molecule has 0 radical (unpaired) electrons. The van der Waals surface area contributed by atoms with Crippen molar-refractivity contribution in [2.24, 2.45) is 5.92 Å². The standard InChI is InChI=1S/C19H25NO2/c1-4-5-13-6-8-14(9-7-13)16-12-15-10-11-17(20(15)2)18(16)19(21)22-3/h4-9,15-18H,10-12H2,1-3H3/b5-4-/t15?,16-,17-,18?/m1/s1. The second-order valence-corrected chi connectivity index (χ2v) is 6.52. The second-order valence-electron chi connectivity index (χ2n) is 6.52. The molecule has 0 aliphatic carbocycles. The number of hydrogen-bond acceptors (Lipinski definition) is 3. The average molecular weight is 299 g/mol. The molecule has 2 aliphatic rings. The van der Waals surface area contributed by atoms with Crippen LogP contribution >= 0.6 is 0 Å². The number of hydrogen-bond donors (Lipinski definition) is 0. The maximum absolute atomic E-state index is 12.4. The molecule has 2 fully saturated rings. The summed E-state index contributed by atoms with van der Waals surface area (Å²) in [4.78, 5) is 14.8. The van der Waals surface area contributed by atoms with Crippen molar-refractivity contribution < 1.29 is 9.53 Å². The van der Waals surface area contributed by atoms with E-state index in [4.69, 9.17) is 4.74 Å². The van der Waals surface area contributed by atoms with Gasteiger partial charge >= 0.3 is 5.97 Å². The van der Waals surface area contributed by atoms with Crippen molar-refractivity contribution >= 4 is 12.0 Å². The Bertz CT molecular complexity index is 563. The number of fused-ring (bicyclic) bond motifs is 2. The zero-order chi connectivity index (χ0) is 15.7. The van der Waals surface area contributed by atoms with Crippen LogP contribution < -0.4 is 0 Å². The second kappa shape index (κ2) is 6.25. The van der Waals surface area contributed by atoms with Crippen molar-refractivity contribution in [2.75, 3.05) is 14.2 Å². The third kappa shape index (κ3) is 2.58. The Labute approximate surface area is 133 Å². The molecule has 22 heavy (non-hydrogen) atoms. The average Bonchev–Trinajstić information content (AvgIpc) is 2.77. The monoisotopic (exact) mass is 299 g/mol. The van der Waals surface area contributed by atoms with Gasteiger partial charge in [-0.2, -0.15) is 0 Å². The van der Waals surface area contributed by atoms with Crippen LogP contribution in [0, 0.1) is 5.92 Å². The van der Waals surface area contributed by atoms with Gasteiger partial charge in [-0.25, -0.2) is 0 Å². The van der Waals surface area contributed by atoms with Gasteiger partial charge in [0.05, 0.1) is 13.0 Å². The van der Waals surface area contributed by atoms with Gasteiger partial charge in [0.15, 0.2) is 0 Å². The summed E-state index contributed by atoms with van der Waals surface area (Å²) >= 11 is 0. The summed E-state index contributed by atoms with van der Waals surface area (Å²) in [6.07, 6.45) is 7.49. The SMILES string of the molecule is C/C=C\c1ccc([C@H]2CC3CC[C@H](C2C(=O)OC)N3C)cc1. The minimum absolute atomic E-state index is 0.0404. The van der Waals surface area contributed by atoms with E-state index < -0.39 is 0 Å². The predicted molar refractivity (Wildman–Crippen MR) is 88.6 cm³/mol. The first-order valence-electron chi connectivity index (χ1n) is 8.18. The highest BCUT2D eigenvalue weighted by atomic mass is 16.5. The molecule has 3 nitrogen and oxygen atoms in total. The lowest BCUT2D eigenvalue weighted by Gasteiger charge is -2.41.